The van der Waals surface area contributed by atoms with Gasteiger partial charge in [0.05, 0.1) is 0 Å². The van der Waals surface area contributed by atoms with E-state index in [1.807, 2.05) is 0 Å². The number of unbranched alkanes of at least 4 members (excludes halogenated alkanes) is 5. The summed E-state index contributed by atoms with van der Waals surface area (Å²) in [6.07, 6.45) is 24.7. The number of esters is 1. The number of hydrogen-bond donors (Lipinski definition) is 0. The number of fused-ring (bicyclic) bond motifs is 5. The molecule has 0 saturated heterocycles. The zero-order chi connectivity index (χ0) is 27.3. The molecule has 0 aliphatic heterocycles. The lowest BCUT2D eigenvalue weighted by atomic mass is 9.44. The molecule has 4 saturated carbocycles. The van der Waals surface area contributed by atoms with E-state index in [0.717, 1.165) is 60.7 Å². The minimum atomic E-state index is 0.0794. The lowest BCUT2D eigenvalue weighted by Gasteiger charge is -2.61. The number of carbonyl (C=O) groups excluding carboxylic acids is 1. The molecule has 9 atom stereocenters. The van der Waals surface area contributed by atoms with Crippen molar-refractivity contribution in [1.82, 2.24) is 0 Å². The maximum absolute atomic E-state index is 12.6. The highest BCUT2D eigenvalue weighted by atomic mass is 16.5. The average Bonchev–Trinajstić information content (AvgIpc) is 3.23. The lowest BCUT2D eigenvalue weighted by Crippen LogP contribution is -2.54. The molecule has 0 aromatic heterocycles. The Bertz CT molecular complexity index is 744. The van der Waals surface area contributed by atoms with Crippen molar-refractivity contribution in [3.63, 3.8) is 0 Å². The van der Waals surface area contributed by atoms with Crippen LogP contribution in [0.1, 0.15) is 164 Å². The standard InChI is InChI=1S/C36H64O2/c1-7-8-9-10-11-12-16-34(37)38-29-21-23-35(5)28(25-29)17-18-30-32-20-19-31(27(4)15-13-14-26(2)3)36(32,6)24-22-33(30)35/h26-33H,7-25H2,1-6H3/t27?,28?,29-,30-,31+,32?,33-,35-,36+/m0/s1. The predicted octanol–water partition coefficient (Wildman–Crippen LogP) is 10.8. The van der Waals surface area contributed by atoms with Crippen molar-refractivity contribution >= 4 is 5.97 Å². The van der Waals surface area contributed by atoms with Crippen molar-refractivity contribution < 1.29 is 9.53 Å². The van der Waals surface area contributed by atoms with Gasteiger partial charge in [-0.15, -0.1) is 0 Å². The highest BCUT2D eigenvalue weighted by molar-refractivity contribution is 5.69. The maximum atomic E-state index is 12.6. The number of rotatable bonds is 13. The van der Waals surface area contributed by atoms with Crippen LogP contribution < -0.4 is 0 Å². The topological polar surface area (TPSA) is 26.3 Å². The summed E-state index contributed by atoms with van der Waals surface area (Å²) in [6, 6.07) is 0. The molecule has 4 aliphatic carbocycles. The van der Waals surface area contributed by atoms with Crippen molar-refractivity contribution in [2.45, 2.75) is 170 Å². The van der Waals surface area contributed by atoms with Gasteiger partial charge in [0.15, 0.2) is 0 Å². The predicted molar refractivity (Wildman–Crippen MR) is 161 cm³/mol. The summed E-state index contributed by atoms with van der Waals surface area (Å²) >= 11 is 0. The Balaban J connectivity index is 1.28. The summed E-state index contributed by atoms with van der Waals surface area (Å²) in [5.41, 5.74) is 1.07. The van der Waals surface area contributed by atoms with Gasteiger partial charge in [0.2, 0.25) is 0 Å². The molecule has 4 aliphatic rings. The van der Waals surface area contributed by atoms with E-state index >= 15 is 0 Å². The van der Waals surface area contributed by atoms with E-state index in [1.165, 1.54) is 96.3 Å². The molecule has 4 rings (SSSR count). The fourth-order valence-corrected chi connectivity index (χ4v) is 10.6. The second kappa shape index (κ2) is 13.4. The minimum absolute atomic E-state index is 0.0794. The molecule has 0 radical (unpaired) electrons. The van der Waals surface area contributed by atoms with Gasteiger partial charge >= 0.3 is 5.97 Å². The second-order valence-corrected chi connectivity index (χ2v) is 15.6. The van der Waals surface area contributed by atoms with Crippen LogP contribution in [-0.4, -0.2) is 12.1 Å². The number of ether oxygens (including phenoxy) is 1. The Morgan fingerprint density at radius 3 is 2.26 bits per heavy atom. The fourth-order valence-electron chi connectivity index (χ4n) is 10.6. The van der Waals surface area contributed by atoms with E-state index in [4.69, 9.17) is 4.74 Å². The first kappa shape index (κ1) is 30.4. The van der Waals surface area contributed by atoms with E-state index in [0.29, 0.717) is 17.3 Å². The molecule has 220 valence electrons. The zero-order valence-corrected chi connectivity index (χ0v) is 26.4. The van der Waals surface area contributed by atoms with Crippen LogP contribution in [0.5, 0.6) is 0 Å². The highest BCUT2D eigenvalue weighted by Crippen LogP contribution is 2.68. The summed E-state index contributed by atoms with van der Waals surface area (Å²) in [7, 11) is 0. The van der Waals surface area contributed by atoms with E-state index in [-0.39, 0.29) is 12.1 Å². The zero-order valence-electron chi connectivity index (χ0n) is 26.4. The van der Waals surface area contributed by atoms with Gasteiger partial charge < -0.3 is 4.74 Å². The molecule has 38 heavy (non-hydrogen) atoms. The smallest absolute Gasteiger partial charge is 0.306 e. The second-order valence-electron chi connectivity index (χ2n) is 15.6. The van der Waals surface area contributed by atoms with E-state index in [9.17, 15) is 4.79 Å². The van der Waals surface area contributed by atoms with Crippen LogP contribution >= 0.6 is 0 Å². The number of hydrogen-bond acceptors (Lipinski definition) is 2. The van der Waals surface area contributed by atoms with Crippen LogP contribution in [0.3, 0.4) is 0 Å². The van der Waals surface area contributed by atoms with E-state index in [1.54, 1.807) is 0 Å². The van der Waals surface area contributed by atoms with Gasteiger partial charge in [0, 0.05) is 6.42 Å². The normalized spacial score (nSPS) is 39.3. The van der Waals surface area contributed by atoms with Crippen molar-refractivity contribution in [3.05, 3.63) is 0 Å². The molecule has 4 fully saturated rings. The van der Waals surface area contributed by atoms with Crippen LogP contribution in [0.4, 0.5) is 0 Å². The third-order valence-corrected chi connectivity index (χ3v) is 12.9. The van der Waals surface area contributed by atoms with Gasteiger partial charge in [-0.1, -0.05) is 92.9 Å². The third-order valence-electron chi connectivity index (χ3n) is 12.9. The quantitative estimate of drug-likeness (QED) is 0.175. The minimum Gasteiger partial charge on any atom is -0.462 e. The Morgan fingerprint density at radius 2 is 1.50 bits per heavy atom. The number of carbonyl (C=O) groups is 1. The van der Waals surface area contributed by atoms with Gasteiger partial charge in [-0.05, 0) is 116 Å². The van der Waals surface area contributed by atoms with Crippen molar-refractivity contribution in [1.29, 1.82) is 0 Å². The molecule has 0 N–H and O–H groups in total. The van der Waals surface area contributed by atoms with Gasteiger partial charge in [0.1, 0.15) is 6.10 Å². The van der Waals surface area contributed by atoms with E-state index < -0.39 is 0 Å². The fraction of sp³-hybridized carbons (Fsp3) is 0.972. The first-order valence-corrected chi connectivity index (χ1v) is 17.4. The largest absolute Gasteiger partial charge is 0.462 e. The molecule has 3 unspecified atom stereocenters. The molecule has 0 amide bonds. The van der Waals surface area contributed by atoms with Crippen LogP contribution in [0.15, 0.2) is 0 Å². The van der Waals surface area contributed by atoms with E-state index in [2.05, 4.69) is 41.5 Å². The van der Waals surface area contributed by atoms with Crippen LogP contribution in [-0.2, 0) is 9.53 Å². The average molecular weight is 529 g/mol. The molecular formula is C36H64O2. The monoisotopic (exact) mass is 528 g/mol. The molecule has 2 heteroatoms. The molecule has 2 nitrogen and oxygen atoms in total. The van der Waals surface area contributed by atoms with Gasteiger partial charge in [-0.3, -0.25) is 4.79 Å². The highest BCUT2D eigenvalue weighted by Gasteiger charge is 2.60. The van der Waals surface area contributed by atoms with Gasteiger partial charge in [-0.2, -0.15) is 0 Å². The molecule has 0 aromatic rings. The van der Waals surface area contributed by atoms with Crippen molar-refractivity contribution in [3.8, 4) is 0 Å². The molecule has 0 heterocycles. The summed E-state index contributed by atoms with van der Waals surface area (Å²) in [5.74, 6) is 6.37. The molecular weight excluding hydrogens is 464 g/mol. The summed E-state index contributed by atoms with van der Waals surface area (Å²) in [4.78, 5) is 12.6. The SMILES string of the molecule is CCCCCCCCC(=O)O[C@H]1CC[C@@]2(C)C(CC[C@H]3C4CC[C@H](C(C)CCCC(C)C)[C@@]4(C)CC[C@@H]32)C1. The molecule has 0 spiro atoms. The maximum Gasteiger partial charge on any atom is 0.306 e. The third kappa shape index (κ3) is 6.67. The Morgan fingerprint density at radius 1 is 0.789 bits per heavy atom. The van der Waals surface area contributed by atoms with Crippen LogP contribution in [0, 0.1) is 52.3 Å². The summed E-state index contributed by atoms with van der Waals surface area (Å²) < 4.78 is 6.08. The van der Waals surface area contributed by atoms with Crippen molar-refractivity contribution in [2.75, 3.05) is 0 Å². The first-order chi connectivity index (χ1) is 18.2. The lowest BCUT2D eigenvalue weighted by molar-refractivity contribution is -0.162. The van der Waals surface area contributed by atoms with Gasteiger partial charge in [-0.25, -0.2) is 0 Å². The Labute approximate surface area is 237 Å². The van der Waals surface area contributed by atoms with Crippen LogP contribution in [0.2, 0.25) is 0 Å². The van der Waals surface area contributed by atoms with Crippen molar-refractivity contribution in [2.24, 2.45) is 52.3 Å². The van der Waals surface area contributed by atoms with Crippen LogP contribution in [0.25, 0.3) is 0 Å². The first-order valence-electron chi connectivity index (χ1n) is 17.4. The molecule has 0 bridgehead atoms. The summed E-state index contributed by atoms with van der Waals surface area (Å²) in [5, 5.41) is 0. The summed E-state index contributed by atoms with van der Waals surface area (Å²) in [6.45, 7) is 15.0. The Hall–Kier alpha value is -0.530. The Kier molecular flexibility index (Phi) is 10.7. The van der Waals surface area contributed by atoms with Gasteiger partial charge in [0.25, 0.3) is 0 Å². The molecule has 0 aromatic carbocycles.